The van der Waals surface area contributed by atoms with Gasteiger partial charge in [0.25, 0.3) is 0 Å². The maximum absolute atomic E-state index is 4.59. The summed E-state index contributed by atoms with van der Waals surface area (Å²) in [4.78, 5) is 4.59. The molecule has 0 aliphatic carbocycles. The molecule has 2 nitrogen and oxygen atoms in total. The summed E-state index contributed by atoms with van der Waals surface area (Å²) in [5.41, 5.74) is 2.23. The SMILES string of the molecule is CC(C)CNc1nc(-c2ccc(I)cc2)cs1. The molecule has 0 aliphatic heterocycles. The summed E-state index contributed by atoms with van der Waals surface area (Å²) in [5, 5.41) is 6.46. The maximum atomic E-state index is 4.59. The van der Waals surface area contributed by atoms with Gasteiger partial charge in [-0.1, -0.05) is 26.0 Å². The highest BCUT2D eigenvalue weighted by molar-refractivity contribution is 14.1. The van der Waals surface area contributed by atoms with Crippen molar-refractivity contribution in [3.63, 3.8) is 0 Å². The lowest BCUT2D eigenvalue weighted by molar-refractivity contribution is 0.688. The van der Waals surface area contributed by atoms with Crippen molar-refractivity contribution >= 4 is 39.1 Å². The van der Waals surface area contributed by atoms with Crippen molar-refractivity contribution in [2.24, 2.45) is 5.92 Å². The Morgan fingerprint density at radius 3 is 2.65 bits per heavy atom. The van der Waals surface area contributed by atoms with Crippen molar-refractivity contribution in [3.8, 4) is 11.3 Å². The van der Waals surface area contributed by atoms with Gasteiger partial charge in [0.15, 0.2) is 5.13 Å². The molecule has 0 spiro atoms. The van der Waals surface area contributed by atoms with Crippen LogP contribution in [0, 0.1) is 9.49 Å². The van der Waals surface area contributed by atoms with Crippen LogP contribution >= 0.6 is 33.9 Å². The Morgan fingerprint density at radius 2 is 2.00 bits per heavy atom. The molecule has 2 rings (SSSR count). The summed E-state index contributed by atoms with van der Waals surface area (Å²) >= 11 is 3.98. The number of thiazole rings is 1. The Morgan fingerprint density at radius 1 is 1.29 bits per heavy atom. The van der Waals surface area contributed by atoms with Crippen molar-refractivity contribution in [2.75, 3.05) is 11.9 Å². The van der Waals surface area contributed by atoms with Gasteiger partial charge in [0.1, 0.15) is 0 Å². The Kier molecular flexibility index (Phi) is 4.39. The first-order valence-electron chi connectivity index (χ1n) is 5.60. The van der Waals surface area contributed by atoms with Crippen LogP contribution in [0.1, 0.15) is 13.8 Å². The highest BCUT2D eigenvalue weighted by atomic mass is 127. The molecule has 4 heteroatoms. The second-order valence-corrected chi connectivity index (χ2v) is 6.42. The van der Waals surface area contributed by atoms with E-state index in [1.54, 1.807) is 11.3 Å². The monoisotopic (exact) mass is 358 g/mol. The summed E-state index contributed by atoms with van der Waals surface area (Å²) in [5.74, 6) is 0.639. The molecule has 1 aromatic heterocycles. The van der Waals surface area contributed by atoms with Crippen molar-refractivity contribution in [3.05, 3.63) is 33.2 Å². The second-order valence-electron chi connectivity index (χ2n) is 4.32. The number of rotatable bonds is 4. The van der Waals surface area contributed by atoms with Crippen LogP contribution in [0.25, 0.3) is 11.3 Å². The summed E-state index contributed by atoms with van der Waals surface area (Å²) in [6.45, 7) is 5.36. The first kappa shape index (κ1) is 12.8. The summed E-state index contributed by atoms with van der Waals surface area (Å²) in [6.07, 6.45) is 0. The largest absolute Gasteiger partial charge is 0.361 e. The average Bonchev–Trinajstić information content (AvgIpc) is 2.76. The van der Waals surface area contributed by atoms with Crippen LogP contribution in [-0.4, -0.2) is 11.5 Å². The molecule has 0 fully saturated rings. The molecule has 0 radical (unpaired) electrons. The van der Waals surface area contributed by atoms with Crippen molar-refractivity contribution in [1.29, 1.82) is 0 Å². The quantitative estimate of drug-likeness (QED) is 0.815. The molecular weight excluding hydrogens is 343 g/mol. The molecule has 0 saturated heterocycles. The lowest BCUT2D eigenvalue weighted by Crippen LogP contribution is -2.07. The van der Waals surface area contributed by atoms with E-state index in [9.17, 15) is 0 Å². The third-order valence-electron chi connectivity index (χ3n) is 2.31. The zero-order valence-corrected chi connectivity index (χ0v) is 12.9. The zero-order chi connectivity index (χ0) is 12.3. The summed E-state index contributed by atoms with van der Waals surface area (Å²) in [6, 6.07) is 8.44. The van der Waals surface area contributed by atoms with Gasteiger partial charge in [-0.25, -0.2) is 4.98 Å². The van der Waals surface area contributed by atoms with Crippen LogP contribution in [0.2, 0.25) is 0 Å². The number of halogens is 1. The molecular formula is C13H15IN2S. The van der Waals surface area contributed by atoms with E-state index in [4.69, 9.17) is 0 Å². The van der Waals surface area contributed by atoms with Crippen LogP contribution < -0.4 is 5.32 Å². The van der Waals surface area contributed by atoms with Gasteiger partial charge in [-0.3, -0.25) is 0 Å². The number of nitrogens with one attached hydrogen (secondary N) is 1. The lowest BCUT2D eigenvalue weighted by atomic mass is 10.2. The van der Waals surface area contributed by atoms with Gasteiger partial charge < -0.3 is 5.32 Å². The van der Waals surface area contributed by atoms with E-state index in [0.717, 1.165) is 17.4 Å². The van der Waals surface area contributed by atoms with Gasteiger partial charge in [-0.05, 0) is 40.6 Å². The number of benzene rings is 1. The van der Waals surface area contributed by atoms with Crippen LogP contribution in [0.3, 0.4) is 0 Å². The summed E-state index contributed by atoms with van der Waals surface area (Å²) < 4.78 is 1.25. The fourth-order valence-electron chi connectivity index (χ4n) is 1.40. The van der Waals surface area contributed by atoms with E-state index >= 15 is 0 Å². The van der Waals surface area contributed by atoms with Crippen molar-refractivity contribution in [1.82, 2.24) is 4.98 Å². The van der Waals surface area contributed by atoms with E-state index in [-0.39, 0.29) is 0 Å². The first-order valence-corrected chi connectivity index (χ1v) is 7.56. The lowest BCUT2D eigenvalue weighted by Gasteiger charge is -2.04. The molecule has 0 aliphatic rings. The summed E-state index contributed by atoms with van der Waals surface area (Å²) in [7, 11) is 0. The highest BCUT2D eigenvalue weighted by Crippen LogP contribution is 2.25. The number of hydrogen-bond donors (Lipinski definition) is 1. The molecule has 0 unspecified atom stereocenters. The molecule has 1 aromatic carbocycles. The molecule has 17 heavy (non-hydrogen) atoms. The van der Waals surface area contributed by atoms with Crippen molar-refractivity contribution < 1.29 is 0 Å². The molecule has 0 amide bonds. The van der Waals surface area contributed by atoms with E-state index < -0.39 is 0 Å². The van der Waals surface area contributed by atoms with E-state index in [1.807, 2.05) is 0 Å². The Balaban J connectivity index is 2.10. The van der Waals surface area contributed by atoms with E-state index in [0.29, 0.717) is 5.92 Å². The van der Waals surface area contributed by atoms with E-state index in [2.05, 4.69) is 76.4 Å². The smallest absolute Gasteiger partial charge is 0.183 e. The minimum absolute atomic E-state index is 0.639. The van der Waals surface area contributed by atoms with Gasteiger partial charge in [0.2, 0.25) is 0 Å². The number of nitrogens with zero attached hydrogens (tertiary/aromatic N) is 1. The fourth-order valence-corrected chi connectivity index (χ4v) is 2.49. The Bertz CT molecular complexity index is 476. The second kappa shape index (κ2) is 5.82. The molecule has 0 bridgehead atoms. The topological polar surface area (TPSA) is 24.9 Å². The van der Waals surface area contributed by atoms with Crippen molar-refractivity contribution in [2.45, 2.75) is 13.8 Å². The van der Waals surface area contributed by atoms with Crippen LogP contribution in [0.4, 0.5) is 5.13 Å². The predicted octanol–water partition coefficient (Wildman–Crippen LogP) is 4.48. The molecule has 2 aromatic rings. The van der Waals surface area contributed by atoms with Crippen LogP contribution in [-0.2, 0) is 0 Å². The maximum Gasteiger partial charge on any atom is 0.183 e. The fraction of sp³-hybridized carbons (Fsp3) is 0.308. The predicted molar refractivity (Wildman–Crippen MR) is 83.6 cm³/mol. The molecule has 0 atom stereocenters. The number of aromatic nitrogens is 1. The normalized spacial score (nSPS) is 10.8. The highest BCUT2D eigenvalue weighted by Gasteiger charge is 2.04. The Labute approximate surface area is 120 Å². The Hall–Kier alpha value is -0.620. The first-order chi connectivity index (χ1) is 8.15. The third kappa shape index (κ3) is 3.67. The van der Waals surface area contributed by atoms with Gasteiger partial charge >= 0.3 is 0 Å². The van der Waals surface area contributed by atoms with Gasteiger partial charge in [0, 0.05) is 21.1 Å². The van der Waals surface area contributed by atoms with Crippen LogP contribution in [0.5, 0.6) is 0 Å². The zero-order valence-electron chi connectivity index (χ0n) is 9.90. The van der Waals surface area contributed by atoms with Gasteiger partial charge in [-0.2, -0.15) is 0 Å². The minimum Gasteiger partial charge on any atom is -0.361 e. The molecule has 0 saturated carbocycles. The third-order valence-corrected chi connectivity index (χ3v) is 3.82. The van der Waals surface area contributed by atoms with Gasteiger partial charge in [-0.15, -0.1) is 11.3 Å². The molecule has 90 valence electrons. The minimum atomic E-state index is 0.639. The average molecular weight is 358 g/mol. The van der Waals surface area contributed by atoms with Gasteiger partial charge in [0.05, 0.1) is 5.69 Å². The number of anilines is 1. The standard InChI is InChI=1S/C13H15IN2S/c1-9(2)7-15-13-16-12(8-17-13)10-3-5-11(14)6-4-10/h3-6,8-9H,7H2,1-2H3,(H,15,16). The number of hydrogen-bond acceptors (Lipinski definition) is 3. The molecule has 1 heterocycles. The van der Waals surface area contributed by atoms with E-state index in [1.165, 1.54) is 9.13 Å². The molecule has 1 N–H and O–H groups in total. The van der Waals surface area contributed by atoms with Crippen LogP contribution in [0.15, 0.2) is 29.6 Å².